The van der Waals surface area contributed by atoms with E-state index in [4.69, 9.17) is 5.73 Å². The maximum absolute atomic E-state index is 14.0. The van der Waals surface area contributed by atoms with E-state index in [1.54, 1.807) is 12.1 Å². The second-order valence-electron chi connectivity index (χ2n) is 6.67. The number of hydrogen-bond donors (Lipinski definition) is 3. The van der Waals surface area contributed by atoms with Crippen LogP contribution in [0.15, 0.2) is 42.5 Å². The highest BCUT2D eigenvalue weighted by molar-refractivity contribution is 5.92. The fourth-order valence-electron chi connectivity index (χ4n) is 3.32. The maximum atomic E-state index is 14.0. The summed E-state index contributed by atoms with van der Waals surface area (Å²) in [5.74, 6) is -0.412. The van der Waals surface area contributed by atoms with Gasteiger partial charge in [-0.05, 0) is 54.7 Å². The van der Waals surface area contributed by atoms with Crippen LogP contribution in [0.1, 0.15) is 27.9 Å². The average molecular weight is 365 g/mol. The summed E-state index contributed by atoms with van der Waals surface area (Å²) >= 11 is 0. The summed E-state index contributed by atoms with van der Waals surface area (Å²) in [4.78, 5) is 15.2. The van der Waals surface area contributed by atoms with Gasteiger partial charge in [-0.1, -0.05) is 30.3 Å². The summed E-state index contributed by atoms with van der Waals surface area (Å²) in [6.07, 6.45) is 3.92. The summed E-state index contributed by atoms with van der Waals surface area (Å²) in [6, 6.07) is 11.0. The zero-order valence-corrected chi connectivity index (χ0v) is 15.6. The summed E-state index contributed by atoms with van der Waals surface area (Å²) in [5.41, 5.74) is 11.1. The molecule has 0 bridgehead atoms. The highest BCUT2D eigenvalue weighted by atomic mass is 19.1. The monoisotopic (exact) mass is 365 g/mol. The third-order valence-electron chi connectivity index (χ3n) is 4.72. The first kappa shape index (κ1) is 18.9. The molecular weight excluding hydrogens is 341 g/mol. The molecule has 4 nitrogen and oxygen atoms in total. The van der Waals surface area contributed by atoms with Crippen LogP contribution in [0.2, 0.25) is 0 Å². The Morgan fingerprint density at radius 2 is 2.07 bits per heavy atom. The molecule has 0 atom stereocenters. The number of aromatic nitrogens is 1. The van der Waals surface area contributed by atoms with Crippen molar-refractivity contribution in [1.29, 1.82) is 0 Å². The molecule has 2 aromatic carbocycles. The normalized spacial score (nSPS) is 11.4. The molecule has 4 N–H and O–H groups in total. The molecule has 0 radical (unpaired) electrons. The number of halogens is 1. The Hall–Kier alpha value is -2.92. The molecule has 1 heterocycles. The van der Waals surface area contributed by atoms with Gasteiger partial charge in [0.25, 0.3) is 0 Å². The molecule has 1 aromatic heterocycles. The van der Waals surface area contributed by atoms with Crippen molar-refractivity contribution < 1.29 is 9.18 Å². The van der Waals surface area contributed by atoms with Gasteiger partial charge < -0.3 is 16.0 Å². The van der Waals surface area contributed by atoms with Crippen LogP contribution in [-0.4, -0.2) is 17.4 Å². The lowest BCUT2D eigenvalue weighted by atomic mass is 10.0. The first-order valence-corrected chi connectivity index (χ1v) is 9.00. The van der Waals surface area contributed by atoms with E-state index in [1.165, 1.54) is 12.1 Å². The van der Waals surface area contributed by atoms with Gasteiger partial charge >= 0.3 is 0 Å². The molecule has 27 heavy (non-hydrogen) atoms. The molecule has 0 aliphatic carbocycles. The van der Waals surface area contributed by atoms with Crippen LogP contribution in [-0.2, 0) is 17.8 Å². The second-order valence-corrected chi connectivity index (χ2v) is 6.67. The van der Waals surface area contributed by atoms with E-state index < -0.39 is 0 Å². The number of nitrogens with one attached hydrogen (secondary N) is 2. The van der Waals surface area contributed by atoms with Crippen molar-refractivity contribution >= 4 is 22.9 Å². The third kappa shape index (κ3) is 4.26. The van der Waals surface area contributed by atoms with E-state index in [0.29, 0.717) is 25.0 Å². The molecule has 0 aliphatic rings. The molecule has 0 unspecified atom stereocenters. The van der Waals surface area contributed by atoms with E-state index in [0.717, 1.165) is 33.3 Å². The van der Waals surface area contributed by atoms with Crippen molar-refractivity contribution in [3.8, 4) is 0 Å². The van der Waals surface area contributed by atoms with Gasteiger partial charge in [0.15, 0.2) is 0 Å². The van der Waals surface area contributed by atoms with Crippen molar-refractivity contribution in [2.24, 2.45) is 5.73 Å². The fraction of sp³-hybridized carbons (Fsp3) is 0.227. The number of fused-ring (bicyclic) bond motifs is 1. The molecule has 140 valence electrons. The maximum Gasteiger partial charge on any atom is 0.244 e. The number of H-pyrrole nitrogens is 1. The van der Waals surface area contributed by atoms with Crippen LogP contribution >= 0.6 is 0 Å². The van der Waals surface area contributed by atoms with Crippen molar-refractivity contribution in [3.05, 3.63) is 76.2 Å². The molecule has 3 rings (SSSR count). The lowest BCUT2D eigenvalue weighted by Gasteiger charge is -2.05. The molecule has 0 fully saturated rings. The van der Waals surface area contributed by atoms with E-state index in [2.05, 4.69) is 10.3 Å². The van der Waals surface area contributed by atoms with Crippen LogP contribution in [0.4, 0.5) is 4.39 Å². The minimum absolute atomic E-state index is 0.159. The number of aromatic amines is 1. The minimum atomic E-state index is -0.253. The number of carbonyl (C=O) groups is 1. The molecule has 1 amide bonds. The van der Waals surface area contributed by atoms with Crippen LogP contribution in [0, 0.1) is 19.7 Å². The Morgan fingerprint density at radius 1 is 1.26 bits per heavy atom. The van der Waals surface area contributed by atoms with Crippen LogP contribution in [0.25, 0.3) is 17.0 Å². The van der Waals surface area contributed by atoms with Gasteiger partial charge in [0.05, 0.1) is 5.52 Å². The standard InChI is InChI=1S/C22H24FN3O/c1-14-6-8-19(23)22-21(14)18(15(2)26-22)10-11-25-20(27)9-7-16-4-3-5-17(12-16)13-24/h3-9,12,26H,10-11,13,24H2,1-2H3,(H,25,27)/b9-7+. The van der Waals surface area contributed by atoms with Gasteiger partial charge in [-0.15, -0.1) is 0 Å². The van der Waals surface area contributed by atoms with Crippen molar-refractivity contribution in [3.63, 3.8) is 0 Å². The first-order valence-electron chi connectivity index (χ1n) is 9.00. The lowest BCUT2D eigenvalue weighted by Crippen LogP contribution is -2.23. The van der Waals surface area contributed by atoms with E-state index in [1.807, 2.05) is 38.1 Å². The quantitative estimate of drug-likeness (QED) is 0.582. The Balaban J connectivity index is 1.64. The molecule has 5 heteroatoms. The Bertz CT molecular complexity index is 1000. The molecular formula is C22H24FN3O. The van der Waals surface area contributed by atoms with Crippen LogP contribution in [0.5, 0.6) is 0 Å². The highest BCUT2D eigenvalue weighted by Gasteiger charge is 2.13. The fourth-order valence-corrected chi connectivity index (χ4v) is 3.32. The Morgan fingerprint density at radius 3 is 2.85 bits per heavy atom. The van der Waals surface area contributed by atoms with Gasteiger partial charge in [0.1, 0.15) is 5.82 Å². The number of rotatable bonds is 6. The third-order valence-corrected chi connectivity index (χ3v) is 4.72. The summed E-state index contributed by atoms with van der Waals surface area (Å²) < 4.78 is 14.0. The number of carbonyl (C=O) groups excluding carboxylic acids is 1. The summed E-state index contributed by atoms with van der Waals surface area (Å²) in [5, 5.41) is 3.80. The molecule has 0 spiro atoms. The largest absolute Gasteiger partial charge is 0.356 e. The summed E-state index contributed by atoms with van der Waals surface area (Å²) in [7, 11) is 0. The zero-order valence-electron chi connectivity index (χ0n) is 15.6. The average Bonchev–Trinajstić information content (AvgIpc) is 3.01. The Labute approximate surface area is 158 Å². The van der Waals surface area contributed by atoms with Gasteiger partial charge in [-0.25, -0.2) is 4.39 Å². The van der Waals surface area contributed by atoms with Crippen molar-refractivity contribution in [2.75, 3.05) is 6.54 Å². The van der Waals surface area contributed by atoms with E-state index in [9.17, 15) is 9.18 Å². The van der Waals surface area contributed by atoms with Crippen LogP contribution in [0.3, 0.4) is 0 Å². The second kappa shape index (κ2) is 8.18. The van der Waals surface area contributed by atoms with E-state index >= 15 is 0 Å². The van der Waals surface area contributed by atoms with Gasteiger partial charge in [-0.3, -0.25) is 4.79 Å². The van der Waals surface area contributed by atoms with Gasteiger partial charge in [0, 0.05) is 30.2 Å². The van der Waals surface area contributed by atoms with E-state index in [-0.39, 0.29) is 11.7 Å². The smallest absolute Gasteiger partial charge is 0.244 e. The molecule has 0 saturated carbocycles. The topological polar surface area (TPSA) is 70.9 Å². The van der Waals surface area contributed by atoms with Gasteiger partial charge in [-0.2, -0.15) is 0 Å². The number of amides is 1. The van der Waals surface area contributed by atoms with Crippen LogP contribution < -0.4 is 11.1 Å². The zero-order chi connectivity index (χ0) is 19.4. The van der Waals surface area contributed by atoms with Gasteiger partial charge in [0.2, 0.25) is 5.91 Å². The number of aryl methyl sites for hydroxylation is 2. The molecule has 0 aliphatic heterocycles. The highest BCUT2D eigenvalue weighted by Crippen LogP contribution is 2.27. The lowest BCUT2D eigenvalue weighted by molar-refractivity contribution is -0.116. The van der Waals surface area contributed by atoms with Crippen molar-refractivity contribution in [2.45, 2.75) is 26.8 Å². The number of hydrogen-bond acceptors (Lipinski definition) is 2. The first-order chi connectivity index (χ1) is 13.0. The summed E-state index contributed by atoms with van der Waals surface area (Å²) in [6.45, 7) is 4.85. The predicted molar refractivity (Wildman–Crippen MR) is 108 cm³/mol. The molecule has 0 saturated heterocycles. The number of benzene rings is 2. The minimum Gasteiger partial charge on any atom is -0.356 e. The van der Waals surface area contributed by atoms with Crippen molar-refractivity contribution in [1.82, 2.24) is 10.3 Å². The predicted octanol–water partition coefficient (Wildman–Crippen LogP) is 3.75. The Kier molecular flexibility index (Phi) is 5.72. The number of nitrogens with two attached hydrogens (primary N) is 1. The molecule has 3 aromatic rings. The SMILES string of the molecule is Cc1[nH]c2c(F)ccc(C)c2c1CCNC(=O)/C=C/c1cccc(CN)c1.